The van der Waals surface area contributed by atoms with Crippen LogP contribution in [0.4, 0.5) is 0 Å². The first-order valence-electron chi connectivity index (χ1n) is 9.12. The van der Waals surface area contributed by atoms with Crippen LogP contribution in [0.15, 0.2) is 0 Å². The lowest BCUT2D eigenvalue weighted by Crippen LogP contribution is -2.27. The first-order valence-corrected chi connectivity index (χ1v) is 9.12. The molecule has 2 N–H and O–H groups in total. The highest BCUT2D eigenvalue weighted by Gasteiger charge is 2.21. The van der Waals surface area contributed by atoms with E-state index in [9.17, 15) is 10.2 Å². The molecule has 2 nitrogen and oxygen atoms in total. The topological polar surface area (TPSA) is 40.5 Å². The summed E-state index contributed by atoms with van der Waals surface area (Å²) in [5.41, 5.74) is 0. The van der Waals surface area contributed by atoms with Gasteiger partial charge in [0.25, 0.3) is 0 Å². The van der Waals surface area contributed by atoms with Crippen LogP contribution in [0.5, 0.6) is 0 Å². The first-order chi connectivity index (χ1) is 9.75. The average Bonchev–Trinajstić information content (AvgIpc) is 2.52. The zero-order chi connectivity index (χ0) is 14.2. The van der Waals surface area contributed by atoms with Crippen LogP contribution in [-0.4, -0.2) is 22.4 Å². The van der Waals surface area contributed by atoms with Gasteiger partial charge >= 0.3 is 0 Å². The van der Waals surface area contributed by atoms with Gasteiger partial charge in [-0.1, -0.05) is 64.2 Å². The quantitative estimate of drug-likeness (QED) is 0.725. The van der Waals surface area contributed by atoms with Crippen LogP contribution in [0.2, 0.25) is 0 Å². The van der Waals surface area contributed by atoms with Gasteiger partial charge in [0, 0.05) is 0 Å². The van der Waals surface area contributed by atoms with Crippen LogP contribution in [0, 0.1) is 11.8 Å². The third-order valence-electron chi connectivity index (χ3n) is 5.64. The van der Waals surface area contributed by atoms with Crippen molar-refractivity contribution in [3.05, 3.63) is 0 Å². The maximum atomic E-state index is 10.1. The molecule has 0 bridgehead atoms. The van der Waals surface area contributed by atoms with E-state index in [0.717, 1.165) is 37.5 Å². The highest BCUT2D eigenvalue weighted by atomic mass is 16.3. The average molecular weight is 282 g/mol. The Kier molecular flexibility index (Phi) is 7.37. The summed E-state index contributed by atoms with van der Waals surface area (Å²) >= 11 is 0. The molecule has 2 unspecified atom stereocenters. The summed E-state index contributed by atoms with van der Waals surface area (Å²) in [7, 11) is 0. The Hall–Kier alpha value is -0.0800. The molecule has 2 aliphatic carbocycles. The molecule has 20 heavy (non-hydrogen) atoms. The Labute approximate surface area is 125 Å². The number of aliphatic hydroxyl groups is 2. The Bertz CT molecular complexity index is 216. The second-order valence-electron chi connectivity index (χ2n) is 7.30. The number of hydrogen-bond acceptors (Lipinski definition) is 2. The van der Waals surface area contributed by atoms with Gasteiger partial charge in [0.15, 0.2) is 0 Å². The maximum absolute atomic E-state index is 10.1. The van der Waals surface area contributed by atoms with Gasteiger partial charge in [0.1, 0.15) is 0 Å². The molecule has 0 aromatic rings. The highest BCUT2D eigenvalue weighted by molar-refractivity contribution is 4.74. The molecular weight excluding hydrogens is 248 g/mol. The summed E-state index contributed by atoms with van der Waals surface area (Å²) in [6.45, 7) is 0. The smallest absolute Gasteiger partial charge is 0.0799 e. The van der Waals surface area contributed by atoms with Crippen LogP contribution in [0.25, 0.3) is 0 Å². The van der Waals surface area contributed by atoms with Crippen molar-refractivity contribution < 1.29 is 10.2 Å². The molecule has 0 saturated heterocycles. The van der Waals surface area contributed by atoms with Gasteiger partial charge in [-0.3, -0.25) is 0 Å². The van der Waals surface area contributed by atoms with Gasteiger partial charge in [-0.05, 0) is 37.5 Å². The zero-order valence-corrected chi connectivity index (χ0v) is 13.1. The second-order valence-corrected chi connectivity index (χ2v) is 7.30. The molecule has 0 amide bonds. The summed E-state index contributed by atoms with van der Waals surface area (Å²) in [6, 6.07) is 0. The molecule has 0 spiro atoms. The standard InChI is InChI=1S/C18H34O2/c19-17(13-11-15-7-3-1-4-8-15)18(20)14-12-16-9-5-2-6-10-16/h15-20H,1-14H2. The zero-order valence-electron chi connectivity index (χ0n) is 13.1. The lowest BCUT2D eigenvalue weighted by atomic mass is 9.83. The fraction of sp³-hybridized carbons (Fsp3) is 1.00. The van der Waals surface area contributed by atoms with Gasteiger partial charge in [0.2, 0.25) is 0 Å². The largest absolute Gasteiger partial charge is 0.390 e. The van der Waals surface area contributed by atoms with Crippen LogP contribution >= 0.6 is 0 Å². The minimum Gasteiger partial charge on any atom is -0.390 e. The SMILES string of the molecule is OC(CCC1CCCCC1)C(O)CCC1CCCCC1. The van der Waals surface area contributed by atoms with Crippen molar-refractivity contribution in [2.45, 2.75) is 102 Å². The van der Waals surface area contributed by atoms with Crippen LogP contribution in [0.1, 0.15) is 89.9 Å². The maximum Gasteiger partial charge on any atom is 0.0799 e. The minimum absolute atomic E-state index is 0.486. The normalized spacial score (nSPS) is 25.5. The van der Waals surface area contributed by atoms with E-state index in [1.54, 1.807) is 0 Å². The van der Waals surface area contributed by atoms with Crippen molar-refractivity contribution in [1.29, 1.82) is 0 Å². The van der Waals surface area contributed by atoms with E-state index >= 15 is 0 Å². The highest BCUT2D eigenvalue weighted by Crippen LogP contribution is 2.30. The van der Waals surface area contributed by atoms with Gasteiger partial charge in [-0.2, -0.15) is 0 Å². The second kappa shape index (κ2) is 9.04. The van der Waals surface area contributed by atoms with E-state index in [1.807, 2.05) is 0 Å². The Morgan fingerprint density at radius 3 is 1.30 bits per heavy atom. The number of aliphatic hydroxyl groups excluding tert-OH is 2. The van der Waals surface area contributed by atoms with Crippen LogP contribution in [0.3, 0.4) is 0 Å². The third-order valence-corrected chi connectivity index (χ3v) is 5.64. The minimum atomic E-state index is -0.486. The molecule has 0 aliphatic heterocycles. The summed E-state index contributed by atoms with van der Waals surface area (Å²) in [5.74, 6) is 1.62. The molecule has 2 rings (SSSR count). The molecule has 0 radical (unpaired) electrons. The van der Waals surface area contributed by atoms with E-state index < -0.39 is 12.2 Å². The van der Waals surface area contributed by atoms with Crippen LogP contribution in [-0.2, 0) is 0 Å². The van der Waals surface area contributed by atoms with Crippen molar-refractivity contribution in [2.75, 3.05) is 0 Å². The third kappa shape index (κ3) is 5.73. The lowest BCUT2D eigenvalue weighted by molar-refractivity contribution is 0.00150. The van der Waals surface area contributed by atoms with Gasteiger partial charge in [-0.25, -0.2) is 0 Å². The van der Waals surface area contributed by atoms with E-state index in [0.29, 0.717) is 0 Å². The molecule has 2 aliphatic rings. The molecule has 0 aromatic carbocycles. The lowest BCUT2D eigenvalue weighted by Gasteiger charge is -2.26. The predicted octanol–water partition coefficient (Wildman–Crippen LogP) is 4.43. The summed E-state index contributed by atoms with van der Waals surface area (Å²) in [6.07, 6.45) is 16.5. The van der Waals surface area contributed by atoms with E-state index in [-0.39, 0.29) is 0 Å². The van der Waals surface area contributed by atoms with Crippen molar-refractivity contribution in [3.8, 4) is 0 Å². The molecule has 0 heterocycles. The molecule has 0 aromatic heterocycles. The predicted molar refractivity (Wildman–Crippen MR) is 83.6 cm³/mol. The fourth-order valence-corrected chi connectivity index (χ4v) is 4.15. The molecule has 2 fully saturated rings. The Morgan fingerprint density at radius 2 is 0.950 bits per heavy atom. The molecule has 2 atom stereocenters. The number of rotatable bonds is 7. The molecular formula is C18H34O2. The van der Waals surface area contributed by atoms with Crippen LogP contribution < -0.4 is 0 Å². The summed E-state index contributed by atoms with van der Waals surface area (Å²) in [5, 5.41) is 20.3. The first kappa shape index (κ1) is 16.3. The van der Waals surface area contributed by atoms with Crippen molar-refractivity contribution in [3.63, 3.8) is 0 Å². The summed E-state index contributed by atoms with van der Waals surface area (Å²) < 4.78 is 0. The summed E-state index contributed by atoms with van der Waals surface area (Å²) in [4.78, 5) is 0. The van der Waals surface area contributed by atoms with Crippen molar-refractivity contribution >= 4 is 0 Å². The molecule has 118 valence electrons. The van der Waals surface area contributed by atoms with Crippen molar-refractivity contribution in [1.82, 2.24) is 0 Å². The Balaban J connectivity index is 1.57. The Morgan fingerprint density at radius 1 is 0.600 bits per heavy atom. The monoisotopic (exact) mass is 282 g/mol. The van der Waals surface area contributed by atoms with Crippen molar-refractivity contribution in [2.24, 2.45) is 11.8 Å². The number of hydrogen-bond donors (Lipinski definition) is 2. The van der Waals surface area contributed by atoms with E-state index in [1.165, 1.54) is 64.2 Å². The van der Waals surface area contributed by atoms with Gasteiger partial charge < -0.3 is 10.2 Å². The fourth-order valence-electron chi connectivity index (χ4n) is 4.15. The molecule has 2 saturated carbocycles. The molecule has 2 heteroatoms. The van der Waals surface area contributed by atoms with E-state index in [2.05, 4.69) is 0 Å². The van der Waals surface area contributed by atoms with Gasteiger partial charge in [0.05, 0.1) is 12.2 Å². The van der Waals surface area contributed by atoms with E-state index in [4.69, 9.17) is 0 Å². The van der Waals surface area contributed by atoms with Gasteiger partial charge in [-0.15, -0.1) is 0 Å².